The van der Waals surface area contributed by atoms with Crippen molar-refractivity contribution in [2.24, 2.45) is 5.92 Å². The molecule has 0 fully saturated rings. The molecule has 0 saturated carbocycles. The van der Waals surface area contributed by atoms with E-state index < -0.39 is 47.7 Å². The molecule has 2 aromatic rings. The SMILES string of the molecule is COc1ccc(OCCNC(=O)[C@@H]2CCC(=O)N[C@@H](C(C)C)C(=O)N(C)CC(=O)N[C@@H](C)COc3ccccc3C(=O)N2)cc1. The molecule has 1 aliphatic rings. The van der Waals surface area contributed by atoms with Crippen molar-refractivity contribution in [3.8, 4) is 17.2 Å². The smallest absolute Gasteiger partial charge is 0.255 e. The monoisotopic (exact) mass is 625 g/mol. The van der Waals surface area contributed by atoms with Crippen LogP contribution in [0.25, 0.3) is 0 Å². The number of rotatable bonds is 7. The number of ether oxygens (including phenoxy) is 3. The highest BCUT2D eigenvalue weighted by molar-refractivity contribution is 6.00. The molecule has 45 heavy (non-hydrogen) atoms. The Kier molecular flexibility index (Phi) is 13.0. The molecule has 244 valence electrons. The van der Waals surface area contributed by atoms with Gasteiger partial charge in [0.15, 0.2) is 0 Å². The van der Waals surface area contributed by atoms with E-state index in [1.165, 1.54) is 11.9 Å². The molecule has 0 spiro atoms. The van der Waals surface area contributed by atoms with E-state index in [-0.39, 0.29) is 56.4 Å². The minimum atomic E-state index is -1.08. The number of para-hydroxylation sites is 1. The van der Waals surface area contributed by atoms with Gasteiger partial charge in [0, 0.05) is 13.5 Å². The summed E-state index contributed by atoms with van der Waals surface area (Å²) >= 11 is 0. The van der Waals surface area contributed by atoms with E-state index in [0.29, 0.717) is 11.5 Å². The van der Waals surface area contributed by atoms with Crippen molar-refractivity contribution in [1.82, 2.24) is 26.2 Å². The Morgan fingerprint density at radius 3 is 2.38 bits per heavy atom. The van der Waals surface area contributed by atoms with Crippen LogP contribution in [0.15, 0.2) is 48.5 Å². The lowest BCUT2D eigenvalue weighted by Gasteiger charge is -2.28. The van der Waals surface area contributed by atoms with Gasteiger partial charge in [-0.15, -0.1) is 0 Å². The number of likely N-dealkylation sites (N-methyl/N-ethyl adjacent to an activating group) is 1. The van der Waals surface area contributed by atoms with Gasteiger partial charge < -0.3 is 40.4 Å². The summed E-state index contributed by atoms with van der Waals surface area (Å²) in [5.74, 6) is -1.11. The molecule has 13 heteroatoms. The maximum atomic E-state index is 13.4. The summed E-state index contributed by atoms with van der Waals surface area (Å²) in [4.78, 5) is 66.7. The van der Waals surface area contributed by atoms with Gasteiger partial charge >= 0.3 is 0 Å². The largest absolute Gasteiger partial charge is 0.497 e. The first kappa shape index (κ1) is 34.7. The van der Waals surface area contributed by atoms with Gasteiger partial charge in [-0.3, -0.25) is 24.0 Å². The van der Waals surface area contributed by atoms with Crippen molar-refractivity contribution in [2.45, 2.75) is 51.7 Å². The maximum Gasteiger partial charge on any atom is 0.255 e. The number of carbonyl (C=O) groups is 5. The normalized spacial score (nSPS) is 20.4. The highest BCUT2D eigenvalue weighted by atomic mass is 16.5. The van der Waals surface area contributed by atoms with Crippen LogP contribution in [0.3, 0.4) is 0 Å². The lowest BCUT2D eigenvalue weighted by molar-refractivity contribution is -0.139. The molecular formula is C32H43N5O8. The molecule has 13 nitrogen and oxygen atoms in total. The highest BCUT2D eigenvalue weighted by Crippen LogP contribution is 2.19. The number of benzene rings is 2. The third-order valence-electron chi connectivity index (χ3n) is 7.05. The number of amides is 5. The summed E-state index contributed by atoms with van der Waals surface area (Å²) in [5.41, 5.74) is 0.187. The molecule has 2 aromatic carbocycles. The average molecular weight is 626 g/mol. The number of hydrogen-bond acceptors (Lipinski definition) is 8. The van der Waals surface area contributed by atoms with Crippen LogP contribution >= 0.6 is 0 Å². The van der Waals surface area contributed by atoms with Crippen LogP contribution in [-0.4, -0.2) is 93.0 Å². The predicted octanol–water partition coefficient (Wildman–Crippen LogP) is 1.27. The van der Waals surface area contributed by atoms with Crippen molar-refractivity contribution >= 4 is 29.5 Å². The second kappa shape index (κ2) is 16.9. The van der Waals surface area contributed by atoms with Gasteiger partial charge in [-0.1, -0.05) is 26.0 Å². The van der Waals surface area contributed by atoms with Crippen molar-refractivity contribution < 1.29 is 38.2 Å². The molecule has 0 saturated heterocycles. The van der Waals surface area contributed by atoms with Crippen LogP contribution in [0, 0.1) is 5.92 Å². The Morgan fingerprint density at radius 1 is 1.00 bits per heavy atom. The average Bonchev–Trinajstić information content (AvgIpc) is 3.02. The molecule has 0 aromatic heterocycles. The van der Waals surface area contributed by atoms with Crippen molar-refractivity contribution in [1.29, 1.82) is 0 Å². The molecule has 1 heterocycles. The lowest BCUT2D eigenvalue weighted by atomic mass is 10.0. The number of carbonyl (C=O) groups excluding carboxylic acids is 5. The van der Waals surface area contributed by atoms with E-state index in [9.17, 15) is 24.0 Å². The molecule has 0 unspecified atom stereocenters. The fraction of sp³-hybridized carbons (Fsp3) is 0.469. The Labute approximate surface area is 263 Å². The van der Waals surface area contributed by atoms with Gasteiger partial charge in [0.2, 0.25) is 23.6 Å². The molecule has 3 atom stereocenters. The second-order valence-corrected chi connectivity index (χ2v) is 11.1. The third kappa shape index (κ3) is 10.7. The molecule has 5 amide bonds. The minimum absolute atomic E-state index is 0.0416. The van der Waals surface area contributed by atoms with Crippen LogP contribution in [0.1, 0.15) is 44.0 Å². The Hall–Kier alpha value is -4.81. The second-order valence-electron chi connectivity index (χ2n) is 11.1. The van der Waals surface area contributed by atoms with E-state index in [1.54, 1.807) is 76.4 Å². The highest BCUT2D eigenvalue weighted by Gasteiger charge is 2.30. The summed E-state index contributed by atoms with van der Waals surface area (Å²) in [6.45, 7) is 5.44. The fourth-order valence-electron chi connectivity index (χ4n) is 4.57. The van der Waals surface area contributed by atoms with E-state index >= 15 is 0 Å². The van der Waals surface area contributed by atoms with Crippen LogP contribution in [0.5, 0.6) is 17.2 Å². The van der Waals surface area contributed by atoms with Gasteiger partial charge in [0.25, 0.3) is 5.91 Å². The summed E-state index contributed by atoms with van der Waals surface area (Å²) < 4.78 is 16.7. The van der Waals surface area contributed by atoms with Crippen molar-refractivity contribution in [3.63, 3.8) is 0 Å². The van der Waals surface area contributed by atoms with Crippen LogP contribution < -0.4 is 35.5 Å². The quantitative estimate of drug-likeness (QED) is 0.334. The first-order valence-corrected chi connectivity index (χ1v) is 14.9. The van der Waals surface area contributed by atoms with E-state index in [4.69, 9.17) is 14.2 Å². The van der Waals surface area contributed by atoms with E-state index in [1.807, 2.05) is 0 Å². The summed E-state index contributed by atoms with van der Waals surface area (Å²) in [6, 6.07) is 11.1. The fourth-order valence-corrected chi connectivity index (χ4v) is 4.57. The van der Waals surface area contributed by atoms with Gasteiger partial charge in [-0.2, -0.15) is 0 Å². The first-order chi connectivity index (χ1) is 21.5. The third-order valence-corrected chi connectivity index (χ3v) is 7.05. The molecule has 1 aliphatic heterocycles. The van der Waals surface area contributed by atoms with Gasteiger partial charge in [0.05, 0.1) is 31.8 Å². The molecule has 0 radical (unpaired) electrons. The number of methoxy groups -OCH3 is 1. The Balaban J connectivity index is 1.77. The maximum absolute atomic E-state index is 13.4. The van der Waals surface area contributed by atoms with E-state index in [0.717, 1.165) is 0 Å². The van der Waals surface area contributed by atoms with Crippen LogP contribution in [0.2, 0.25) is 0 Å². The number of nitrogens with zero attached hydrogens (tertiary/aromatic N) is 1. The van der Waals surface area contributed by atoms with Crippen LogP contribution in [-0.2, 0) is 19.2 Å². The molecule has 0 bridgehead atoms. The standard InChI is InChI=1S/C32H43N5O8/c1-20(2)29-32(42)37(4)18-28(39)34-21(3)19-45-26-9-7-6-8-24(26)30(40)35-25(14-15-27(38)36-29)31(41)33-16-17-44-23-12-10-22(43-5)11-13-23/h6-13,20-21,25,29H,14-19H2,1-5H3,(H,33,41)(H,34,39)(H,35,40)(H,36,38)/t21-,25-,29-/m0/s1. The van der Waals surface area contributed by atoms with E-state index in [2.05, 4.69) is 21.3 Å². The number of fused-ring (bicyclic) bond motifs is 1. The Morgan fingerprint density at radius 2 is 1.69 bits per heavy atom. The summed E-state index contributed by atoms with van der Waals surface area (Å²) in [7, 11) is 3.06. The minimum Gasteiger partial charge on any atom is -0.497 e. The topological polar surface area (TPSA) is 164 Å². The Bertz CT molecular complexity index is 1330. The number of nitrogens with one attached hydrogen (secondary N) is 4. The zero-order chi connectivity index (χ0) is 32.9. The lowest BCUT2D eigenvalue weighted by Crippen LogP contribution is -2.53. The summed E-state index contributed by atoms with van der Waals surface area (Å²) in [5, 5.41) is 11.0. The van der Waals surface area contributed by atoms with Gasteiger partial charge in [0.1, 0.15) is 42.5 Å². The van der Waals surface area contributed by atoms with Crippen LogP contribution in [0.4, 0.5) is 0 Å². The predicted molar refractivity (Wildman–Crippen MR) is 166 cm³/mol. The summed E-state index contributed by atoms with van der Waals surface area (Å²) in [6.07, 6.45) is -0.197. The van der Waals surface area contributed by atoms with Gasteiger partial charge in [-0.25, -0.2) is 0 Å². The molecule has 3 rings (SSSR count). The van der Waals surface area contributed by atoms with Gasteiger partial charge in [-0.05, 0) is 55.7 Å². The molecular weight excluding hydrogens is 582 g/mol. The zero-order valence-electron chi connectivity index (χ0n) is 26.4. The number of hydrogen-bond donors (Lipinski definition) is 4. The zero-order valence-corrected chi connectivity index (χ0v) is 26.4. The van der Waals surface area contributed by atoms with Crippen molar-refractivity contribution in [2.75, 3.05) is 40.5 Å². The molecule has 4 N–H and O–H groups in total. The molecule has 0 aliphatic carbocycles. The first-order valence-electron chi connectivity index (χ1n) is 14.9. The van der Waals surface area contributed by atoms with Crippen molar-refractivity contribution in [3.05, 3.63) is 54.1 Å².